The minimum Gasteiger partial charge on any atom is -1.00 e. The zero-order valence-electron chi connectivity index (χ0n) is 81.4. The van der Waals surface area contributed by atoms with Gasteiger partial charge in [0.25, 0.3) is 5.69 Å². The van der Waals surface area contributed by atoms with Gasteiger partial charge in [0, 0.05) is 224 Å². The molecule has 0 aliphatic carbocycles. The number of phenols is 1. The van der Waals surface area contributed by atoms with E-state index < -0.39 is 38.8 Å². The van der Waals surface area contributed by atoms with Crippen molar-refractivity contribution in [3.63, 3.8) is 0 Å². The van der Waals surface area contributed by atoms with Crippen molar-refractivity contribution >= 4 is 98.0 Å². The van der Waals surface area contributed by atoms with E-state index in [9.17, 15) is 53.5 Å². The number of nitrogens with two attached hydrogens (primary N) is 1. The molecule has 5 N–H and O–H groups in total. The number of hydrogen-bond acceptors (Lipinski definition) is 34. The molecule has 766 valence electrons. The standard InChI is InChI=1S/C26H31N3O4.C16H23N3O5.C16H25N3O3.C12H15FN2O4.C11H12O3.C6H12ClNO.C6H4FNO3.C4H9NO.HI.K.H2.H/c1-19-3-2-4-20(15-19)23-18-25(30)22-16-21(33-14-7-28-5-10-31-11-6-28)17-24(26(22)27-23)29-8-12-32-13-9-29;20-19(21)15-2-1-14(13-16(15)18-6-10-23-11-7-18)24-12-5-17-3-8-22-9-4-17;17-15-2-1-14(13-16(15)19-6-10-21-11-7-19)22-12-5-18-3-8-20-9-4-18;13-11-9-10(1-2-12(11)15(16)17)19-8-5-14-3-6-18-7-4-14;1-8-4-3-5-9(6-8)10(12)7-11(13)14-2;7-1-2-8-3-5-9-6-4-8;7-5-3-4(9)1-2-6(5)8(10)11;1-3-6-4-2-5-1;;;;/h2-4,15-18H,5-14H2,1H3,(H,27,30);1-2,13H,3-12H2;1-2,13H,3-12,17H2;1-2,9H,3-8H2;3-6H,7H2,1-2H3;1-6H2;1-3,9H;5H,1-4H2;1H;;1H;/q;;;;;;;;;+1;;-1. The van der Waals surface area contributed by atoms with Crippen molar-refractivity contribution in [2.45, 2.75) is 20.3 Å². The fraction of sp³-hybridized carbons (Fsp3) is 0.515. The Balaban J connectivity index is 0.000000258. The van der Waals surface area contributed by atoms with E-state index in [2.05, 4.69) is 74.5 Å². The van der Waals surface area contributed by atoms with E-state index in [0.29, 0.717) is 113 Å². The Hall–Kier alpha value is -8.79. The summed E-state index contributed by atoms with van der Waals surface area (Å²) in [5, 5.41) is 44.2. The van der Waals surface area contributed by atoms with Gasteiger partial charge in [-0.1, -0.05) is 47.5 Å². The Morgan fingerprint density at radius 1 is 0.457 bits per heavy atom. The van der Waals surface area contributed by atoms with E-state index in [4.69, 9.17) is 84.0 Å². The number of phenolic OH excluding ortho intramolecular Hbond substituents is 1. The summed E-state index contributed by atoms with van der Waals surface area (Å²) >= 11 is 5.55. The number of H-pyrrole nitrogens is 1. The van der Waals surface area contributed by atoms with Crippen molar-refractivity contribution in [3.8, 4) is 40.0 Å². The molecule has 140 heavy (non-hydrogen) atoms. The number of alkyl halides is 1. The summed E-state index contributed by atoms with van der Waals surface area (Å²) in [6, 6.07) is 38.0. The number of nitro benzene ring substituents is 3. The topological polar surface area (TPSA) is 410 Å². The number of aryl methyl sites for hydroxylation is 2. The molecule has 0 spiro atoms. The molecule has 0 amide bonds. The van der Waals surface area contributed by atoms with Gasteiger partial charge in [-0.25, -0.2) is 0 Å². The summed E-state index contributed by atoms with van der Waals surface area (Å²) < 4.78 is 101. The van der Waals surface area contributed by atoms with Crippen molar-refractivity contribution in [1.82, 2.24) is 34.8 Å². The van der Waals surface area contributed by atoms with Gasteiger partial charge in [0.1, 0.15) is 67.3 Å². The summed E-state index contributed by atoms with van der Waals surface area (Å²) in [7, 11) is 1.27. The average Bonchev–Trinajstić information content (AvgIpc) is 0.760. The molecule has 0 bridgehead atoms. The number of carbonyl (C=O) groups is 2. The van der Waals surface area contributed by atoms with Crippen molar-refractivity contribution in [2.75, 3.05) is 329 Å². The number of benzene rings is 7. The predicted octanol–water partition coefficient (Wildman–Crippen LogP) is 7.78. The number of Topliss-reactive ketones (excluding diaryl/α,β-unsaturated/α-hetero) is 1. The molecule has 43 heteroatoms. The van der Waals surface area contributed by atoms with Crippen LogP contribution in [0.2, 0.25) is 0 Å². The maximum absolute atomic E-state index is 13.3. The number of nitro groups is 3. The van der Waals surface area contributed by atoms with Crippen LogP contribution in [0, 0.1) is 55.8 Å². The average molecular weight is 2120 g/mol. The molecule has 0 saturated carbocycles. The van der Waals surface area contributed by atoms with Crippen LogP contribution in [-0.2, 0) is 52.2 Å². The number of nitrogen functional groups attached to an aromatic ring is 1. The second kappa shape index (κ2) is 65.5. The van der Waals surface area contributed by atoms with E-state index in [1.807, 2.05) is 54.3 Å². The number of ether oxygens (including phenoxy) is 14. The van der Waals surface area contributed by atoms with Crippen molar-refractivity contribution in [1.29, 1.82) is 0 Å². The molecule has 9 fully saturated rings. The van der Waals surface area contributed by atoms with Crippen LogP contribution in [-0.4, -0.2) is 370 Å². The maximum atomic E-state index is 13.3. The summed E-state index contributed by atoms with van der Waals surface area (Å²) in [5.74, 6) is 0.357. The van der Waals surface area contributed by atoms with Crippen molar-refractivity contribution < 1.29 is 159 Å². The van der Waals surface area contributed by atoms with Crippen LogP contribution in [0.15, 0.2) is 144 Å². The first kappa shape index (κ1) is 116. The third-order valence-corrected chi connectivity index (χ3v) is 23.2. The molecule has 17 rings (SSSR count). The number of aromatic nitrogens is 1. The monoisotopic (exact) mass is 2120 g/mol. The number of esters is 1. The maximum Gasteiger partial charge on any atom is 1.00 e. The summed E-state index contributed by atoms with van der Waals surface area (Å²) in [5.41, 5.74) is 13.9. The number of carbonyl (C=O) groups excluding carboxylic acids is 2. The number of halogens is 4. The molecule has 9 saturated heterocycles. The Morgan fingerprint density at radius 2 is 0.829 bits per heavy atom. The van der Waals surface area contributed by atoms with Gasteiger partial charge < -0.3 is 104 Å². The summed E-state index contributed by atoms with van der Waals surface area (Å²) in [6.45, 7) is 40.4. The van der Waals surface area contributed by atoms with Crippen LogP contribution in [0.3, 0.4) is 0 Å². The Bertz CT molecular complexity index is 5110. The molecule has 38 nitrogen and oxygen atoms in total. The molecule has 9 aliphatic rings. The van der Waals surface area contributed by atoms with E-state index in [0.717, 1.165) is 303 Å². The zero-order chi connectivity index (χ0) is 98.0. The van der Waals surface area contributed by atoms with Crippen LogP contribution < -0.4 is 102 Å². The molecule has 0 radical (unpaired) electrons. The SMILES string of the molecule is C1COCCN1.COC(=O)CC(=O)c1cccc(C)c1.Cc1cccc(-c2cc(=O)c3cc(OCCN4CCOCC4)cc(N4CCOCC4)c3[nH]2)c1.ClCCN1CCOCC1.I.Nc1ccc(OCCN2CCOCC2)cc1N1CCOCC1.O=[N+]([O-])c1ccc(O)cc1F.O=[N+]([O-])c1ccc(OCCN2CCOCC2)cc1F.O=[N+]([O-])c1ccc(OCCN2CCOCC2)cc1N1CCOCC1.[H-].[HH].[K+]. The van der Waals surface area contributed by atoms with E-state index in [-0.39, 0.29) is 112 Å². The van der Waals surface area contributed by atoms with Crippen LogP contribution in [0.5, 0.6) is 28.7 Å². The number of rotatable bonds is 28. The zero-order valence-corrected chi connectivity index (χ0v) is 86.6. The van der Waals surface area contributed by atoms with Gasteiger partial charge in [0.05, 0.1) is 169 Å². The smallest absolute Gasteiger partial charge is 1.00 e. The molecule has 10 heterocycles. The van der Waals surface area contributed by atoms with Gasteiger partial charge in [0.15, 0.2) is 11.2 Å². The first-order valence-corrected chi connectivity index (χ1v) is 47.2. The number of hydrogen-bond donors (Lipinski definition) is 4. The second-order valence-corrected chi connectivity index (χ2v) is 33.1. The fourth-order valence-corrected chi connectivity index (χ4v) is 15.6. The molecule has 0 unspecified atom stereocenters. The van der Waals surface area contributed by atoms with E-state index in [1.165, 1.54) is 19.2 Å². The molecule has 7 aromatic carbocycles. The molecule has 1 aromatic heterocycles. The number of methoxy groups -OCH3 is 1. The van der Waals surface area contributed by atoms with E-state index in [1.54, 1.807) is 36.4 Å². The van der Waals surface area contributed by atoms with Crippen LogP contribution in [0.25, 0.3) is 22.2 Å². The molecule has 0 atom stereocenters. The molecular formula is C97H135ClF2IKN14O24. The molecule has 8 aromatic rings. The largest absolute Gasteiger partial charge is 1.00 e. The Labute approximate surface area is 882 Å². The van der Waals surface area contributed by atoms with Crippen LogP contribution >= 0.6 is 35.6 Å². The Morgan fingerprint density at radius 3 is 1.24 bits per heavy atom. The van der Waals surface area contributed by atoms with Crippen LogP contribution in [0.1, 0.15) is 30.8 Å². The number of pyridine rings is 1. The number of nitrogens with one attached hydrogen (secondary N) is 2. The minimum atomic E-state index is -1.03. The number of ketones is 1. The third kappa shape index (κ3) is 41.5. The summed E-state index contributed by atoms with van der Waals surface area (Å²) in [6.07, 6.45) is -0.194. The van der Waals surface area contributed by atoms with Gasteiger partial charge >= 0.3 is 68.7 Å². The number of morpholine rings is 9. The number of aromatic amines is 1. The number of nitrogens with zero attached hydrogens (tertiary/aromatic N) is 11. The number of aromatic hydroxyl groups is 1. The minimum absolute atomic E-state index is 0. The van der Waals surface area contributed by atoms with Gasteiger partial charge in [-0.3, -0.25) is 69.2 Å². The van der Waals surface area contributed by atoms with E-state index >= 15 is 0 Å². The number of fused-ring (bicyclic) bond motifs is 1. The van der Waals surface area contributed by atoms with Gasteiger partial charge in [-0.2, -0.15) is 8.78 Å². The van der Waals surface area contributed by atoms with Crippen LogP contribution in [0.4, 0.5) is 48.6 Å². The normalized spacial score (nSPS) is 16.9. The Kier molecular flexibility index (Phi) is 54.5. The van der Waals surface area contributed by atoms with Gasteiger partial charge in [0.2, 0.25) is 11.6 Å². The first-order valence-electron chi connectivity index (χ1n) is 46.6. The first-order chi connectivity index (χ1) is 67.1. The molecular weight excluding hydrogens is 1980 g/mol. The fourth-order valence-electron chi connectivity index (χ4n) is 15.3. The second-order valence-electron chi connectivity index (χ2n) is 32.7. The van der Waals surface area contributed by atoms with Gasteiger partial charge in [-0.15, -0.1) is 35.6 Å². The predicted molar refractivity (Wildman–Crippen MR) is 539 cm³/mol. The van der Waals surface area contributed by atoms with Crippen molar-refractivity contribution in [3.05, 3.63) is 208 Å². The molecule has 9 aliphatic heterocycles. The summed E-state index contributed by atoms with van der Waals surface area (Å²) in [4.78, 5) is 86.9. The third-order valence-electron chi connectivity index (χ3n) is 23.0. The number of anilines is 4. The quantitative estimate of drug-likeness (QED) is 0.00418. The van der Waals surface area contributed by atoms with Crippen molar-refractivity contribution in [2.24, 2.45) is 0 Å². The van der Waals surface area contributed by atoms with Gasteiger partial charge in [-0.05, 0) is 67.9 Å².